The van der Waals surface area contributed by atoms with Gasteiger partial charge in [0.05, 0.1) is 6.61 Å². The predicted octanol–water partition coefficient (Wildman–Crippen LogP) is 2.57. The van der Waals surface area contributed by atoms with Crippen molar-refractivity contribution >= 4 is 10.9 Å². The van der Waals surface area contributed by atoms with E-state index in [0.717, 1.165) is 19.7 Å². The lowest BCUT2D eigenvalue weighted by molar-refractivity contribution is 0.172. The third kappa shape index (κ3) is 3.12. The van der Waals surface area contributed by atoms with Crippen LogP contribution >= 0.6 is 0 Å². The number of benzene rings is 1. The summed E-state index contributed by atoms with van der Waals surface area (Å²) in [4.78, 5) is 0. The van der Waals surface area contributed by atoms with E-state index in [4.69, 9.17) is 4.74 Å². The highest BCUT2D eigenvalue weighted by molar-refractivity contribution is 5.80. The quantitative estimate of drug-likeness (QED) is 0.848. The molecule has 0 amide bonds. The van der Waals surface area contributed by atoms with Crippen LogP contribution in [0.4, 0.5) is 0 Å². The molecule has 1 N–H and O–H groups in total. The standard InChI is InChI=1S/C15H22N2O/c1-12-4-5-14-6-8-17(15(14)10-12)9-7-16-13(2)11-18-3/h4-6,8,10,13,16H,7,9,11H2,1-3H3. The van der Waals surface area contributed by atoms with Crippen molar-refractivity contribution in [2.75, 3.05) is 20.3 Å². The Balaban J connectivity index is 1.97. The number of hydrogen-bond acceptors (Lipinski definition) is 2. The Morgan fingerprint density at radius 2 is 2.17 bits per heavy atom. The second-order valence-corrected chi connectivity index (χ2v) is 4.88. The Morgan fingerprint density at radius 1 is 1.33 bits per heavy atom. The molecular weight excluding hydrogens is 224 g/mol. The molecule has 0 bridgehead atoms. The van der Waals surface area contributed by atoms with Gasteiger partial charge in [0, 0.05) is 38.0 Å². The van der Waals surface area contributed by atoms with Gasteiger partial charge in [-0.3, -0.25) is 0 Å². The zero-order valence-corrected chi connectivity index (χ0v) is 11.4. The third-order valence-electron chi connectivity index (χ3n) is 3.19. The van der Waals surface area contributed by atoms with E-state index < -0.39 is 0 Å². The van der Waals surface area contributed by atoms with Gasteiger partial charge in [-0.1, -0.05) is 12.1 Å². The lowest BCUT2D eigenvalue weighted by atomic mass is 10.2. The lowest BCUT2D eigenvalue weighted by Crippen LogP contribution is -2.32. The van der Waals surface area contributed by atoms with Crippen LogP contribution in [0.2, 0.25) is 0 Å². The van der Waals surface area contributed by atoms with Crippen molar-refractivity contribution in [2.24, 2.45) is 0 Å². The minimum absolute atomic E-state index is 0.401. The summed E-state index contributed by atoms with van der Waals surface area (Å²) in [5, 5.41) is 4.77. The average Bonchev–Trinajstić information content (AvgIpc) is 2.72. The maximum absolute atomic E-state index is 5.11. The highest BCUT2D eigenvalue weighted by atomic mass is 16.5. The molecule has 0 saturated carbocycles. The minimum atomic E-state index is 0.401. The summed E-state index contributed by atoms with van der Waals surface area (Å²) < 4.78 is 7.41. The van der Waals surface area contributed by atoms with E-state index in [9.17, 15) is 0 Å². The number of rotatable bonds is 6. The summed E-state index contributed by atoms with van der Waals surface area (Å²) in [5.74, 6) is 0. The van der Waals surface area contributed by atoms with Crippen LogP contribution in [0.1, 0.15) is 12.5 Å². The van der Waals surface area contributed by atoms with Crippen LogP contribution in [-0.4, -0.2) is 30.9 Å². The van der Waals surface area contributed by atoms with Crippen molar-refractivity contribution in [2.45, 2.75) is 26.4 Å². The van der Waals surface area contributed by atoms with Gasteiger partial charge in [-0.15, -0.1) is 0 Å². The third-order valence-corrected chi connectivity index (χ3v) is 3.19. The summed E-state index contributed by atoms with van der Waals surface area (Å²) in [7, 11) is 1.74. The zero-order valence-electron chi connectivity index (χ0n) is 11.4. The van der Waals surface area contributed by atoms with Crippen LogP contribution in [0.5, 0.6) is 0 Å². The summed E-state index contributed by atoms with van der Waals surface area (Å²) in [5.41, 5.74) is 2.62. The van der Waals surface area contributed by atoms with Crippen LogP contribution in [0, 0.1) is 6.92 Å². The first-order chi connectivity index (χ1) is 8.70. The number of fused-ring (bicyclic) bond motifs is 1. The molecule has 0 spiro atoms. The molecule has 0 radical (unpaired) electrons. The molecule has 1 aromatic heterocycles. The van der Waals surface area contributed by atoms with Gasteiger partial charge < -0.3 is 14.6 Å². The van der Waals surface area contributed by atoms with Gasteiger partial charge in [-0.2, -0.15) is 0 Å². The first-order valence-corrected chi connectivity index (χ1v) is 6.48. The average molecular weight is 246 g/mol. The van der Waals surface area contributed by atoms with Crippen LogP contribution < -0.4 is 5.32 Å². The number of nitrogens with zero attached hydrogens (tertiary/aromatic N) is 1. The molecule has 0 aliphatic rings. The molecule has 1 atom stereocenters. The van der Waals surface area contributed by atoms with E-state index in [2.05, 4.69) is 54.2 Å². The number of methoxy groups -OCH3 is 1. The maximum Gasteiger partial charge on any atom is 0.0613 e. The normalized spacial score (nSPS) is 13.1. The molecule has 1 heterocycles. The van der Waals surface area contributed by atoms with E-state index in [1.165, 1.54) is 16.5 Å². The fourth-order valence-electron chi connectivity index (χ4n) is 2.23. The van der Waals surface area contributed by atoms with Crippen LogP contribution in [0.15, 0.2) is 30.5 Å². The number of nitrogens with one attached hydrogen (secondary N) is 1. The Morgan fingerprint density at radius 3 is 2.94 bits per heavy atom. The van der Waals surface area contributed by atoms with Gasteiger partial charge >= 0.3 is 0 Å². The van der Waals surface area contributed by atoms with E-state index >= 15 is 0 Å². The molecule has 0 aliphatic heterocycles. The second-order valence-electron chi connectivity index (χ2n) is 4.88. The molecule has 0 aliphatic carbocycles. The summed E-state index contributed by atoms with van der Waals surface area (Å²) >= 11 is 0. The summed E-state index contributed by atoms with van der Waals surface area (Å²) in [6.07, 6.45) is 2.16. The van der Waals surface area contributed by atoms with Crippen LogP contribution in [0.3, 0.4) is 0 Å². The largest absolute Gasteiger partial charge is 0.383 e. The Bertz CT molecular complexity index is 504. The van der Waals surface area contributed by atoms with Crippen molar-refractivity contribution in [3.63, 3.8) is 0 Å². The van der Waals surface area contributed by atoms with Gasteiger partial charge in [-0.25, -0.2) is 0 Å². The smallest absolute Gasteiger partial charge is 0.0613 e. The van der Waals surface area contributed by atoms with Crippen molar-refractivity contribution in [1.29, 1.82) is 0 Å². The van der Waals surface area contributed by atoms with E-state index in [-0.39, 0.29) is 0 Å². The van der Waals surface area contributed by atoms with Crippen LogP contribution in [0.25, 0.3) is 10.9 Å². The second kappa shape index (κ2) is 6.03. The van der Waals surface area contributed by atoms with Gasteiger partial charge in [0.15, 0.2) is 0 Å². The molecule has 3 nitrogen and oxygen atoms in total. The van der Waals surface area contributed by atoms with Gasteiger partial charge in [-0.05, 0) is 36.9 Å². The summed E-state index contributed by atoms with van der Waals surface area (Å²) in [6, 6.07) is 9.16. The van der Waals surface area contributed by atoms with Crippen LogP contribution in [-0.2, 0) is 11.3 Å². The van der Waals surface area contributed by atoms with E-state index in [0.29, 0.717) is 6.04 Å². The molecule has 98 valence electrons. The van der Waals surface area contributed by atoms with Crippen molar-refractivity contribution in [1.82, 2.24) is 9.88 Å². The molecule has 2 rings (SSSR count). The molecule has 0 fully saturated rings. The fourth-order valence-corrected chi connectivity index (χ4v) is 2.23. The van der Waals surface area contributed by atoms with Crippen molar-refractivity contribution < 1.29 is 4.74 Å². The molecule has 3 heteroatoms. The summed E-state index contributed by atoms with van der Waals surface area (Å²) in [6.45, 7) is 6.98. The van der Waals surface area contributed by atoms with E-state index in [1.807, 2.05) is 0 Å². The lowest BCUT2D eigenvalue weighted by Gasteiger charge is -2.13. The van der Waals surface area contributed by atoms with Crippen molar-refractivity contribution in [3.8, 4) is 0 Å². The maximum atomic E-state index is 5.11. The first kappa shape index (κ1) is 13.1. The SMILES string of the molecule is COCC(C)NCCn1ccc2ccc(C)cc21. The number of hydrogen-bond donors (Lipinski definition) is 1. The van der Waals surface area contributed by atoms with Crippen molar-refractivity contribution in [3.05, 3.63) is 36.0 Å². The Kier molecular flexibility index (Phi) is 4.39. The Hall–Kier alpha value is -1.32. The molecule has 1 unspecified atom stereocenters. The predicted molar refractivity (Wildman–Crippen MR) is 76.0 cm³/mol. The topological polar surface area (TPSA) is 26.2 Å². The highest BCUT2D eigenvalue weighted by Crippen LogP contribution is 2.16. The number of aromatic nitrogens is 1. The number of aryl methyl sites for hydroxylation is 1. The van der Waals surface area contributed by atoms with Gasteiger partial charge in [0.25, 0.3) is 0 Å². The number of ether oxygens (including phenoxy) is 1. The molecule has 1 aromatic carbocycles. The molecule has 2 aromatic rings. The van der Waals surface area contributed by atoms with Gasteiger partial charge in [0.1, 0.15) is 0 Å². The van der Waals surface area contributed by atoms with E-state index in [1.54, 1.807) is 7.11 Å². The minimum Gasteiger partial charge on any atom is -0.383 e. The highest BCUT2D eigenvalue weighted by Gasteiger charge is 2.02. The molecular formula is C15H22N2O. The Labute approximate surface area is 109 Å². The monoisotopic (exact) mass is 246 g/mol. The van der Waals surface area contributed by atoms with Gasteiger partial charge in [0.2, 0.25) is 0 Å². The zero-order chi connectivity index (χ0) is 13.0. The first-order valence-electron chi connectivity index (χ1n) is 6.48. The molecule has 18 heavy (non-hydrogen) atoms. The fraction of sp³-hybridized carbons (Fsp3) is 0.467. The molecule has 0 saturated heterocycles.